The Morgan fingerprint density at radius 2 is 1.89 bits per heavy atom. The molecule has 0 aromatic rings. The van der Waals surface area contributed by atoms with Crippen molar-refractivity contribution in [2.45, 2.75) is 58.8 Å². The zero-order valence-corrected chi connectivity index (χ0v) is 11.7. The number of aliphatic hydroxyl groups excluding tert-OH is 1. The monoisotopic (exact) mass is 260 g/mol. The molecule has 0 saturated heterocycles. The second-order valence-corrected chi connectivity index (χ2v) is 5.40. The first-order valence-corrected chi connectivity index (χ1v) is 6.05. The minimum atomic E-state index is -1.42. The highest BCUT2D eigenvalue weighted by atomic mass is 16.6. The second-order valence-electron chi connectivity index (χ2n) is 5.40. The highest BCUT2D eigenvalue weighted by molar-refractivity contribution is 5.80. The number of amides is 2. The Morgan fingerprint density at radius 3 is 2.22 bits per heavy atom. The van der Waals surface area contributed by atoms with E-state index in [4.69, 9.17) is 10.5 Å². The van der Waals surface area contributed by atoms with Gasteiger partial charge in [-0.2, -0.15) is 0 Å². The minimum absolute atomic E-state index is 0.0972. The van der Waals surface area contributed by atoms with E-state index in [1.807, 2.05) is 13.8 Å². The van der Waals surface area contributed by atoms with Crippen LogP contribution in [0.1, 0.15) is 41.0 Å². The number of primary amides is 1. The van der Waals surface area contributed by atoms with Gasteiger partial charge in [0.15, 0.2) is 6.10 Å². The topological polar surface area (TPSA) is 102 Å². The SMILES string of the molecule is CC[C@@H](C)[C@H](NC(=O)OC(C)(C)C)C(O)C(N)=O. The van der Waals surface area contributed by atoms with Crippen molar-refractivity contribution in [3.63, 3.8) is 0 Å². The Hall–Kier alpha value is -1.30. The van der Waals surface area contributed by atoms with E-state index in [2.05, 4.69) is 5.32 Å². The largest absolute Gasteiger partial charge is 0.444 e. The molecule has 0 spiro atoms. The third-order valence-electron chi connectivity index (χ3n) is 2.57. The number of nitrogens with one attached hydrogen (secondary N) is 1. The molecule has 0 aliphatic carbocycles. The van der Waals surface area contributed by atoms with Gasteiger partial charge in [0.25, 0.3) is 0 Å². The maximum atomic E-state index is 11.6. The maximum absolute atomic E-state index is 11.6. The van der Waals surface area contributed by atoms with Crippen molar-refractivity contribution in [1.82, 2.24) is 5.32 Å². The fourth-order valence-corrected chi connectivity index (χ4v) is 1.41. The zero-order chi connectivity index (χ0) is 14.5. The van der Waals surface area contributed by atoms with Crippen LogP contribution in [0.5, 0.6) is 0 Å². The predicted molar refractivity (Wildman–Crippen MR) is 67.8 cm³/mol. The van der Waals surface area contributed by atoms with Crippen LogP contribution >= 0.6 is 0 Å². The van der Waals surface area contributed by atoms with Gasteiger partial charge in [-0.25, -0.2) is 4.79 Å². The first-order chi connectivity index (χ1) is 8.08. The summed E-state index contributed by atoms with van der Waals surface area (Å²) < 4.78 is 5.08. The van der Waals surface area contributed by atoms with Crippen molar-refractivity contribution in [1.29, 1.82) is 0 Å². The van der Waals surface area contributed by atoms with Gasteiger partial charge in [-0.3, -0.25) is 4.79 Å². The molecule has 106 valence electrons. The van der Waals surface area contributed by atoms with Gasteiger partial charge in [-0.05, 0) is 26.7 Å². The molecule has 3 atom stereocenters. The van der Waals surface area contributed by atoms with Crippen LogP contribution in [0.3, 0.4) is 0 Å². The van der Waals surface area contributed by atoms with Crippen molar-refractivity contribution in [3.05, 3.63) is 0 Å². The number of carbonyl (C=O) groups is 2. The summed E-state index contributed by atoms with van der Waals surface area (Å²) >= 11 is 0. The summed E-state index contributed by atoms with van der Waals surface area (Å²) in [6.45, 7) is 8.90. The summed E-state index contributed by atoms with van der Waals surface area (Å²) in [6.07, 6.45) is -1.41. The lowest BCUT2D eigenvalue weighted by atomic mass is 9.94. The van der Waals surface area contributed by atoms with Crippen molar-refractivity contribution in [2.75, 3.05) is 0 Å². The third-order valence-corrected chi connectivity index (χ3v) is 2.57. The van der Waals surface area contributed by atoms with Crippen molar-refractivity contribution in [2.24, 2.45) is 11.7 Å². The molecule has 4 N–H and O–H groups in total. The van der Waals surface area contributed by atoms with Gasteiger partial charge in [0, 0.05) is 0 Å². The molecular formula is C12H24N2O4. The van der Waals surface area contributed by atoms with E-state index in [0.29, 0.717) is 6.42 Å². The van der Waals surface area contributed by atoms with E-state index in [1.165, 1.54) is 0 Å². The Balaban J connectivity index is 4.70. The molecule has 0 heterocycles. The molecule has 0 radical (unpaired) electrons. The Bertz CT molecular complexity index is 299. The Morgan fingerprint density at radius 1 is 1.39 bits per heavy atom. The molecule has 6 heteroatoms. The number of hydrogen-bond donors (Lipinski definition) is 3. The molecule has 6 nitrogen and oxygen atoms in total. The lowest BCUT2D eigenvalue weighted by Crippen LogP contribution is -2.53. The molecule has 0 saturated carbocycles. The fourth-order valence-electron chi connectivity index (χ4n) is 1.41. The molecule has 0 aromatic heterocycles. The highest BCUT2D eigenvalue weighted by Crippen LogP contribution is 2.13. The quantitative estimate of drug-likeness (QED) is 0.679. The van der Waals surface area contributed by atoms with Gasteiger partial charge in [-0.15, -0.1) is 0 Å². The summed E-state index contributed by atoms with van der Waals surface area (Å²) in [5.74, 6) is -0.962. The molecular weight excluding hydrogens is 236 g/mol. The highest BCUT2D eigenvalue weighted by Gasteiger charge is 2.31. The lowest BCUT2D eigenvalue weighted by molar-refractivity contribution is -0.128. The van der Waals surface area contributed by atoms with Crippen molar-refractivity contribution >= 4 is 12.0 Å². The van der Waals surface area contributed by atoms with E-state index in [9.17, 15) is 14.7 Å². The Kier molecular flexibility index (Phi) is 6.11. The van der Waals surface area contributed by atoms with E-state index in [1.54, 1.807) is 20.8 Å². The number of carbonyl (C=O) groups excluding carboxylic acids is 2. The molecule has 0 aliphatic rings. The maximum Gasteiger partial charge on any atom is 0.407 e. The van der Waals surface area contributed by atoms with Gasteiger partial charge in [0.1, 0.15) is 5.60 Å². The summed E-state index contributed by atoms with van der Waals surface area (Å²) in [5.41, 5.74) is 4.41. The fraction of sp³-hybridized carbons (Fsp3) is 0.833. The first-order valence-electron chi connectivity index (χ1n) is 6.05. The van der Waals surface area contributed by atoms with Crippen LogP contribution in [-0.4, -0.2) is 34.9 Å². The second kappa shape index (κ2) is 6.58. The van der Waals surface area contributed by atoms with Gasteiger partial charge in [0.2, 0.25) is 5.91 Å². The summed E-state index contributed by atoms with van der Waals surface area (Å²) in [5, 5.41) is 12.2. The molecule has 0 aliphatic heterocycles. The Labute approximate surface area is 108 Å². The molecule has 0 aromatic carbocycles. The average Bonchev–Trinajstić information content (AvgIpc) is 2.21. The summed E-state index contributed by atoms with van der Waals surface area (Å²) in [4.78, 5) is 22.6. The molecule has 18 heavy (non-hydrogen) atoms. The van der Waals surface area contributed by atoms with Gasteiger partial charge < -0.3 is 20.9 Å². The molecule has 1 unspecified atom stereocenters. The molecule has 2 amide bonds. The standard InChI is InChI=1S/C12H24N2O4/c1-6-7(2)8(9(15)10(13)16)14-11(17)18-12(3,4)5/h7-9,15H,6H2,1-5H3,(H2,13,16)(H,14,17)/t7-,8+,9?/m1/s1. The third kappa shape index (κ3) is 5.86. The van der Waals surface area contributed by atoms with Crippen molar-refractivity contribution in [3.8, 4) is 0 Å². The smallest absolute Gasteiger partial charge is 0.407 e. The van der Waals surface area contributed by atoms with Gasteiger partial charge in [-0.1, -0.05) is 20.3 Å². The van der Waals surface area contributed by atoms with E-state index in [0.717, 1.165) is 0 Å². The number of alkyl carbamates (subject to hydrolysis) is 1. The summed E-state index contributed by atoms with van der Waals surface area (Å²) in [6, 6.07) is -0.748. The molecule has 0 bridgehead atoms. The zero-order valence-electron chi connectivity index (χ0n) is 11.7. The van der Waals surface area contributed by atoms with E-state index < -0.39 is 29.7 Å². The van der Waals surface area contributed by atoms with Crippen LogP contribution in [0.2, 0.25) is 0 Å². The number of ether oxygens (including phenoxy) is 1. The van der Waals surface area contributed by atoms with Gasteiger partial charge in [0.05, 0.1) is 6.04 Å². The normalized spacial score (nSPS) is 16.6. The number of rotatable bonds is 5. The number of nitrogens with two attached hydrogens (primary N) is 1. The van der Waals surface area contributed by atoms with E-state index >= 15 is 0 Å². The average molecular weight is 260 g/mol. The van der Waals surface area contributed by atoms with Crippen LogP contribution in [0.15, 0.2) is 0 Å². The number of aliphatic hydroxyl groups is 1. The predicted octanol–water partition coefficient (Wildman–Crippen LogP) is 0.772. The van der Waals surface area contributed by atoms with E-state index in [-0.39, 0.29) is 5.92 Å². The molecule has 0 fully saturated rings. The van der Waals surface area contributed by atoms with Gasteiger partial charge >= 0.3 is 6.09 Å². The number of hydrogen-bond acceptors (Lipinski definition) is 4. The summed E-state index contributed by atoms with van der Waals surface area (Å²) in [7, 11) is 0. The lowest BCUT2D eigenvalue weighted by Gasteiger charge is -2.28. The first kappa shape index (κ1) is 16.7. The van der Waals surface area contributed by atoms with Crippen LogP contribution in [0, 0.1) is 5.92 Å². The molecule has 0 rings (SSSR count). The van der Waals surface area contributed by atoms with Crippen LogP contribution in [-0.2, 0) is 9.53 Å². The minimum Gasteiger partial charge on any atom is -0.444 e. The van der Waals surface area contributed by atoms with Crippen molar-refractivity contribution < 1.29 is 19.4 Å². The van der Waals surface area contributed by atoms with Crippen LogP contribution in [0.25, 0.3) is 0 Å². The van der Waals surface area contributed by atoms with Crippen LogP contribution in [0.4, 0.5) is 4.79 Å². The van der Waals surface area contributed by atoms with Crippen LogP contribution < -0.4 is 11.1 Å².